The third-order valence-corrected chi connectivity index (χ3v) is 4.35. The highest BCUT2D eigenvalue weighted by atomic mass is 16.2. The fraction of sp³-hybridized carbons (Fsp3) is 0.833. The van der Waals surface area contributed by atoms with E-state index in [4.69, 9.17) is 0 Å². The molecule has 24 heavy (non-hydrogen) atoms. The molecule has 3 amide bonds. The number of aldehydes is 1. The van der Waals surface area contributed by atoms with Crippen LogP contribution in [0, 0.1) is 16.7 Å². The van der Waals surface area contributed by atoms with Crippen molar-refractivity contribution in [1.29, 1.82) is 0 Å². The zero-order valence-electron chi connectivity index (χ0n) is 16.1. The lowest BCUT2D eigenvalue weighted by Gasteiger charge is -2.34. The van der Waals surface area contributed by atoms with E-state index in [1.54, 1.807) is 11.9 Å². The van der Waals surface area contributed by atoms with Gasteiger partial charge in [0, 0.05) is 13.6 Å². The van der Waals surface area contributed by atoms with Gasteiger partial charge in [0.25, 0.3) is 0 Å². The van der Waals surface area contributed by atoms with E-state index in [0.717, 1.165) is 25.7 Å². The highest BCUT2D eigenvalue weighted by molar-refractivity contribution is 5.88. The maximum absolute atomic E-state index is 12.8. The number of nitrogens with one attached hydrogen (secondary N) is 2. The number of carbonyl (C=O) groups excluding carboxylic acids is 3. The molecule has 0 radical (unpaired) electrons. The quantitative estimate of drug-likeness (QED) is 0.728. The van der Waals surface area contributed by atoms with Crippen molar-refractivity contribution in [2.75, 3.05) is 13.6 Å². The van der Waals surface area contributed by atoms with Crippen molar-refractivity contribution >= 4 is 18.2 Å². The molecule has 6 nitrogen and oxygen atoms in total. The van der Waals surface area contributed by atoms with Gasteiger partial charge >= 0.3 is 6.03 Å². The van der Waals surface area contributed by atoms with Gasteiger partial charge in [0.15, 0.2) is 0 Å². The normalized spacial score (nSPS) is 17.6. The molecule has 0 heterocycles. The molecule has 2 atom stereocenters. The molecule has 1 saturated carbocycles. The van der Waals surface area contributed by atoms with Crippen LogP contribution in [0.15, 0.2) is 0 Å². The van der Waals surface area contributed by atoms with Crippen molar-refractivity contribution in [2.24, 2.45) is 16.7 Å². The largest absolute Gasteiger partial charge is 0.344 e. The maximum Gasteiger partial charge on any atom is 0.316 e. The van der Waals surface area contributed by atoms with Crippen molar-refractivity contribution < 1.29 is 14.4 Å². The lowest BCUT2D eigenvalue weighted by Crippen LogP contribution is -2.58. The van der Waals surface area contributed by atoms with Gasteiger partial charge < -0.3 is 20.3 Å². The Kier molecular flexibility index (Phi) is 6.42. The number of urea groups is 1. The first kappa shape index (κ1) is 20.5. The predicted molar refractivity (Wildman–Crippen MR) is 94.6 cm³/mol. The van der Waals surface area contributed by atoms with E-state index in [9.17, 15) is 14.4 Å². The van der Waals surface area contributed by atoms with Crippen LogP contribution in [0.3, 0.4) is 0 Å². The monoisotopic (exact) mass is 339 g/mol. The molecule has 138 valence electrons. The van der Waals surface area contributed by atoms with Crippen molar-refractivity contribution in [3.63, 3.8) is 0 Å². The summed E-state index contributed by atoms with van der Waals surface area (Å²) < 4.78 is 0. The van der Waals surface area contributed by atoms with Gasteiger partial charge in [0.2, 0.25) is 5.91 Å². The van der Waals surface area contributed by atoms with Crippen LogP contribution in [0.1, 0.15) is 54.4 Å². The lowest BCUT2D eigenvalue weighted by atomic mass is 9.85. The van der Waals surface area contributed by atoms with Gasteiger partial charge in [0.05, 0.1) is 6.04 Å². The Morgan fingerprint density at radius 3 is 2.00 bits per heavy atom. The molecule has 1 aliphatic rings. The summed E-state index contributed by atoms with van der Waals surface area (Å²) in [4.78, 5) is 38.0. The highest BCUT2D eigenvalue weighted by Crippen LogP contribution is 2.30. The number of nitrogens with zero attached hydrogens (tertiary/aromatic N) is 1. The average Bonchev–Trinajstić information content (AvgIpc) is 3.22. The Morgan fingerprint density at radius 1 is 1.08 bits per heavy atom. The van der Waals surface area contributed by atoms with Crippen molar-refractivity contribution in [3.8, 4) is 0 Å². The number of rotatable bonds is 6. The second-order valence-corrected chi connectivity index (χ2v) is 9.06. The van der Waals surface area contributed by atoms with Gasteiger partial charge in [-0.05, 0) is 29.6 Å². The van der Waals surface area contributed by atoms with E-state index >= 15 is 0 Å². The van der Waals surface area contributed by atoms with Gasteiger partial charge in [-0.15, -0.1) is 0 Å². The topological polar surface area (TPSA) is 78.5 Å². The molecule has 0 aromatic carbocycles. The Balaban J connectivity index is 2.76. The van der Waals surface area contributed by atoms with Crippen molar-refractivity contribution in [1.82, 2.24) is 15.5 Å². The zero-order valence-corrected chi connectivity index (χ0v) is 16.1. The minimum absolute atomic E-state index is 0.0945. The molecule has 2 N–H and O–H groups in total. The van der Waals surface area contributed by atoms with Crippen molar-refractivity contribution in [2.45, 2.75) is 66.5 Å². The number of carbonyl (C=O) groups is 3. The lowest BCUT2D eigenvalue weighted by molar-refractivity contribution is -0.134. The van der Waals surface area contributed by atoms with Crippen LogP contribution in [0.5, 0.6) is 0 Å². The van der Waals surface area contributed by atoms with Crippen LogP contribution in [0.25, 0.3) is 0 Å². The average molecular weight is 339 g/mol. The highest BCUT2D eigenvalue weighted by Gasteiger charge is 2.37. The second kappa shape index (κ2) is 7.53. The van der Waals surface area contributed by atoms with Crippen LogP contribution < -0.4 is 10.6 Å². The van der Waals surface area contributed by atoms with E-state index in [1.807, 2.05) is 41.5 Å². The third kappa shape index (κ3) is 6.13. The molecular weight excluding hydrogens is 306 g/mol. The van der Waals surface area contributed by atoms with Gasteiger partial charge in [-0.25, -0.2) is 4.79 Å². The maximum atomic E-state index is 12.8. The van der Waals surface area contributed by atoms with Crippen LogP contribution in [-0.2, 0) is 9.59 Å². The summed E-state index contributed by atoms with van der Waals surface area (Å²) in [5.41, 5.74) is -0.812. The first-order chi connectivity index (χ1) is 10.9. The van der Waals surface area contributed by atoms with Crippen LogP contribution in [0.2, 0.25) is 0 Å². The summed E-state index contributed by atoms with van der Waals surface area (Å²) in [6, 6.07) is -1.75. The minimum atomic E-state index is -0.645. The Labute approximate surface area is 145 Å². The molecule has 0 bridgehead atoms. The molecule has 0 aromatic rings. The summed E-state index contributed by atoms with van der Waals surface area (Å²) in [6.07, 6.45) is 3.06. The number of hydrogen-bond donors (Lipinski definition) is 2. The molecule has 1 fully saturated rings. The number of hydrogen-bond acceptors (Lipinski definition) is 3. The summed E-state index contributed by atoms with van der Waals surface area (Å²) in [7, 11) is 1.78. The van der Waals surface area contributed by atoms with Crippen LogP contribution in [-0.4, -0.2) is 48.8 Å². The molecule has 1 rings (SSSR count). The smallest absolute Gasteiger partial charge is 0.316 e. The SMILES string of the molecule is CN(CC1CC1)C(=O)[C@@H](NC(=O)N[C@H](C=O)C(C)(C)C)C(C)(C)C. The first-order valence-electron chi connectivity index (χ1n) is 8.63. The van der Waals surface area contributed by atoms with E-state index in [2.05, 4.69) is 10.6 Å². The Hall–Kier alpha value is -1.59. The van der Waals surface area contributed by atoms with Crippen LogP contribution in [0.4, 0.5) is 4.79 Å². The fourth-order valence-electron chi connectivity index (χ4n) is 2.42. The van der Waals surface area contributed by atoms with E-state index in [1.165, 1.54) is 0 Å². The summed E-state index contributed by atoms with van der Waals surface area (Å²) >= 11 is 0. The van der Waals surface area contributed by atoms with Crippen LogP contribution >= 0.6 is 0 Å². The second-order valence-electron chi connectivity index (χ2n) is 9.06. The molecule has 0 unspecified atom stereocenters. The van der Waals surface area contributed by atoms with E-state index in [0.29, 0.717) is 5.92 Å². The summed E-state index contributed by atoms with van der Waals surface area (Å²) in [6.45, 7) is 12.1. The molecule has 0 aromatic heterocycles. The third-order valence-electron chi connectivity index (χ3n) is 4.35. The number of likely N-dealkylation sites (N-methyl/N-ethyl adjacent to an activating group) is 1. The molecule has 1 aliphatic carbocycles. The first-order valence-corrected chi connectivity index (χ1v) is 8.63. The summed E-state index contributed by atoms with van der Waals surface area (Å²) in [5, 5.41) is 5.44. The fourth-order valence-corrected chi connectivity index (χ4v) is 2.42. The zero-order chi connectivity index (χ0) is 18.7. The van der Waals surface area contributed by atoms with E-state index in [-0.39, 0.29) is 11.3 Å². The van der Waals surface area contributed by atoms with Gasteiger partial charge in [-0.2, -0.15) is 0 Å². The molecule has 0 saturated heterocycles. The molecular formula is C18H33N3O3. The molecule has 6 heteroatoms. The van der Waals surface area contributed by atoms with Gasteiger partial charge in [-0.3, -0.25) is 4.79 Å². The molecule has 0 spiro atoms. The standard InChI is InChI=1S/C18H33N3O3/c1-17(2,3)13(11-22)19-16(24)20-14(18(4,5)6)15(23)21(7)10-12-8-9-12/h11-14H,8-10H2,1-7H3,(H2,19,20,24)/t13-,14-/m1/s1. The Bertz CT molecular complexity index is 473. The molecule has 0 aliphatic heterocycles. The minimum Gasteiger partial charge on any atom is -0.344 e. The van der Waals surface area contributed by atoms with Gasteiger partial charge in [-0.1, -0.05) is 41.5 Å². The number of amides is 3. The predicted octanol–water partition coefficient (Wildman–Crippen LogP) is 2.18. The van der Waals surface area contributed by atoms with Crippen molar-refractivity contribution in [3.05, 3.63) is 0 Å². The summed E-state index contributed by atoms with van der Waals surface area (Å²) in [5.74, 6) is 0.497. The Morgan fingerprint density at radius 2 is 1.62 bits per heavy atom. The van der Waals surface area contributed by atoms with Gasteiger partial charge in [0.1, 0.15) is 12.3 Å². The van der Waals surface area contributed by atoms with E-state index < -0.39 is 23.5 Å².